The summed E-state index contributed by atoms with van der Waals surface area (Å²) in [6.45, 7) is 3.94. The Balaban J connectivity index is 2.01. The van der Waals surface area contributed by atoms with E-state index < -0.39 is 5.92 Å². The molecule has 7 heteroatoms. The zero-order chi connectivity index (χ0) is 20.9. The maximum atomic E-state index is 13.1. The van der Waals surface area contributed by atoms with Gasteiger partial charge >= 0.3 is 0 Å². The molecule has 148 valence electrons. The number of aryl methyl sites for hydroxylation is 1. The molecular formula is C22H19BrClN3OS. The number of nitrogens with zero attached hydrogens (tertiary/aromatic N) is 2. The van der Waals surface area contributed by atoms with Gasteiger partial charge < -0.3 is 5.73 Å². The summed E-state index contributed by atoms with van der Waals surface area (Å²) in [6, 6.07) is 9.92. The number of benzene rings is 1. The molecule has 2 heterocycles. The summed E-state index contributed by atoms with van der Waals surface area (Å²) in [7, 11) is 0. The number of rotatable bonds is 2. The first-order valence-electron chi connectivity index (χ1n) is 9.32. The lowest BCUT2D eigenvalue weighted by molar-refractivity contribution is -0.116. The SMILES string of the molecule is Cc1sc(C2C(C#N)=C(N)N(c3cccc(Cl)c3C)C3=C2C(=O)CCC3)cc1Br. The number of allylic oxidation sites excluding steroid dienone is 3. The van der Waals surface area contributed by atoms with E-state index in [9.17, 15) is 10.1 Å². The predicted molar refractivity (Wildman–Crippen MR) is 121 cm³/mol. The second-order valence-corrected chi connectivity index (χ2v) is 9.80. The lowest BCUT2D eigenvalue weighted by Crippen LogP contribution is -2.38. The molecule has 1 aromatic carbocycles. The molecule has 4 nitrogen and oxygen atoms in total. The van der Waals surface area contributed by atoms with Crippen molar-refractivity contribution in [2.45, 2.75) is 39.0 Å². The van der Waals surface area contributed by atoms with Crippen LogP contribution in [0.2, 0.25) is 5.02 Å². The molecule has 1 unspecified atom stereocenters. The van der Waals surface area contributed by atoms with Crippen LogP contribution in [-0.4, -0.2) is 5.78 Å². The molecule has 29 heavy (non-hydrogen) atoms. The summed E-state index contributed by atoms with van der Waals surface area (Å²) in [6.07, 6.45) is 1.99. The molecule has 4 rings (SSSR count). The van der Waals surface area contributed by atoms with Crippen LogP contribution >= 0.6 is 38.9 Å². The van der Waals surface area contributed by atoms with Gasteiger partial charge in [0.1, 0.15) is 5.82 Å². The first-order chi connectivity index (χ1) is 13.8. The maximum absolute atomic E-state index is 13.1. The summed E-state index contributed by atoms with van der Waals surface area (Å²) in [5.41, 5.74) is 10.3. The van der Waals surface area contributed by atoms with Gasteiger partial charge in [-0.05, 0) is 66.4 Å². The molecule has 1 atom stereocenters. The number of carbonyl (C=O) groups excluding carboxylic acids is 1. The molecule has 0 radical (unpaired) electrons. The third-order valence-electron chi connectivity index (χ3n) is 5.55. The minimum atomic E-state index is -0.423. The average Bonchev–Trinajstić information content (AvgIpc) is 3.02. The van der Waals surface area contributed by atoms with E-state index in [1.54, 1.807) is 11.3 Å². The van der Waals surface area contributed by atoms with Crippen molar-refractivity contribution in [1.82, 2.24) is 0 Å². The van der Waals surface area contributed by atoms with Crippen LogP contribution in [0.1, 0.15) is 40.5 Å². The van der Waals surface area contributed by atoms with E-state index in [1.165, 1.54) is 0 Å². The van der Waals surface area contributed by atoms with Gasteiger partial charge in [0.2, 0.25) is 0 Å². The van der Waals surface area contributed by atoms with E-state index in [4.69, 9.17) is 17.3 Å². The molecule has 1 aromatic heterocycles. The number of Topliss-reactive ketones (excluding diaryl/α,β-unsaturated/α-hetero) is 1. The molecule has 0 fully saturated rings. The highest BCUT2D eigenvalue weighted by atomic mass is 79.9. The zero-order valence-electron chi connectivity index (χ0n) is 16.1. The largest absolute Gasteiger partial charge is 0.384 e. The van der Waals surface area contributed by atoms with Gasteiger partial charge in [-0.1, -0.05) is 17.7 Å². The van der Waals surface area contributed by atoms with Gasteiger partial charge in [-0.15, -0.1) is 11.3 Å². The van der Waals surface area contributed by atoms with Gasteiger partial charge in [0.05, 0.1) is 23.2 Å². The lowest BCUT2D eigenvalue weighted by Gasteiger charge is -2.40. The van der Waals surface area contributed by atoms with E-state index in [2.05, 4.69) is 22.0 Å². The van der Waals surface area contributed by atoms with E-state index in [1.807, 2.05) is 43.0 Å². The highest BCUT2D eigenvalue weighted by molar-refractivity contribution is 9.10. The number of nitrogens with two attached hydrogens (primary N) is 1. The number of ketones is 1. The minimum Gasteiger partial charge on any atom is -0.384 e. The molecule has 0 amide bonds. The Hall–Kier alpha value is -2.07. The second-order valence-electron chi connectivity index (χ2n) is 7.25. The summed E-state index contributed by atoms with van der Waals surface area (Å²) in [4.78, 5) is 17.0. The molecule has 0 saturated heterocycles. The highest BCUT2D eigenvalue weighted by Gasteiger charge is 2.41. The van der Waals surface area contributed by atoms with Crippen molar-refractivity contribution in [3.05, 3.63) is 71.7 Å². The fraction of sp³-hybridized carbons (Fsp3) is 0.273. The third kappa shape index (κ3) is 3.22. The van der Waals surface area contributed by atoms with Crippen LogP contribution in [0.25, 0.3) is 0 Å². The molecule has 1 aliphatic heterocycles. The van der Waals surface area contributed by atoms with Crippen LogP contribution in [-0.2, 0) is 4.79 Å². The van der Waals surface area contributed by atoms with Crippen LogP contribution in [0.4, 0.5) is 5.69 Å². The fourth-order valence-electron chi connectivity index (χ4n) is 4.11. The van der Waals surface area contributed by atoms with Crippen LogP contribution in [0.3, 0.4) is 0 Å². The lowest BCUT2D eigenvalue weighted by atomic mass is 9.78. The molecule has 2 aromatic rings. The number of carbonyl (C=O) groups is 1. The van der Waals surface area contributed by atoms with Gasteiger partial charge in [-0.25, -0.2) is 0 Å². The molecule has 1 aliphatic carbocycles. The maximum Gasteiger partial charge on any atom is 0.161 e. The van der Waals surface area contributed by atoms with E-state index in [-0.39, 0.29) is 5.78 Å². The topological polar surface area (TPSA) is 70.1 Å². The van der Waals surface area contributed by atoms with Crippen molar-refractivity contribution in [3.8, 4) is 6.07 Å². The second kappa shape index (κ2) is 7.64. The van der Waals surface area contributed by atoms with Crippen molar-refractivity contribution in [1.29, 1.82) is 5.26 Å². The van der Waals surface area contributed by atoms with Crippen LogP contribution in [0.15, 0.2) is 51.4 Å². The van der Waals surface area contributed by atoms with E-state index >= 15 is 0 Å². The summed E-state index contributed by atoms with van der Waals surface area (Å²) >= 11 is 11.5. The minimum absolute atomic E-state index is 0.0864. The van der Waals surface area contributed by atoms with Crippen molar-refractivity contribution in [2.75, 3.05) is 4.90 Å². The Morgan fingerprint density at radius 2 is 2.10 bits per heavy atom. The number of halogens is 2. The Morgan fingerprint density at radius 3 is 2.76 bits per heavy atom. The van der Waals surface area contributed by atoms with Crippen molar-refractivity contribution in [3.63, 3.8) is 0 Å². The van der Waals surface area contributed by atoms with Crippen molar-refractivity contribution in [2.24, 2.45) is 5.73 Å². The Labute approximate surface area is 187 Å². The van der Waals surface area contributed by atoms with Gasteiger partial charge in [0, 0.05) is 36.9 Å². The monoisotopic (exact) mass is 487 g/mol. The molecule has 2 N–H and O–H groups in total. The number of thiophene rings is 1. The molecule has 2 aliphatic rings. The van der Waals surface area contributed by atoms with Gasteiger partial charge in [0.15, 0.2) is 5.78 Å². The predicted octanol–water partition coefficient (Wildman–Crippen LogP) is 6.09. The smallest absolute Gasteiger partial charge is 0.161 e. The van der Waals surface area contributed by atoms with Gasteiger partial charge in [-0.3, -0.25) is 9.69 Å². The quantitative estimate of drug-likeness (QED) is 0.555. The Morgan fingerprint density at radius 1 is 1.34 bits per heavy atom. The summed E-state index contributed by atoms with van der Waals surface area (Å²) < 4.78 is 0.979. The Bertz CT molecular complexity index is 1120. The summed E-state index contributed by atoms with van der Waals surface area (Å²) in [5, 5.41) is 10.7. The zero-order valence-corrected chi connectivity index (χ0v) is 19.2. The molecular weight excluding hydrogens is 470 g/mol. The Kier molecular flexibility index (Phi) is 5.32. The molecule has 0 spiro atoms. The van der Waals surface area contributed by atoms with E-state index in [0.29, 0.717) is 28.4 Å². The van der Waals surface area contributed by atoms with Gasteiger partial charge in [-0.2, -0.15) is 5.26 Å². The number of hydrogen-bond donors (Lipinski definition) is 1. The number of anilines is 1. The average molecular weight is 489 g/mol. The van der Waals surface area contributed by atoms with Crippen molar-refractivity contribution >= 4 is 50.3 Å². The fourth-order valence-corrected chi connectivity index (χ4v) is 5.96. The van der Waals surface area contributed by atoms with E-state index in [0.717, 1.165) is 44.0 Å². The standard InChI is InChI=1S/C22H19BrClN3OS/c1-11-15(24)5-3-6-16(11)27-17-7-4-8-18(28)21(17)20(13(10-25)22(27)26)19-9-14(23)12(2)29-19/h3,5-6,9,20H,4,7-8,26H2,1-2H3. The van der Waals surface area contributed by atoms with Crippen LogP contribution < -0.4 is 10.6 Å². The van der Waals surface area contributed by atoms with Crippen LogP contribution in [0.5, 0.6) is 0 Å². The molecule has 0 bridgehead atoms. The number of hydrogen-bond acceptors (Lipinski definition) is 5. The third-order valence-corrected chi connectivity index (χ3v) is 8.17. The van der Waals surface area contributed by atoms with Gasteiger partial charge in [0.25, 0.3) is 0 Å². The number of nitriles is 1. The van der Waals surface area contributed by atoms with Crippen molar-refractivity contribution < 1.29 is 4.79 Å². The first kappa shape index (κ1) is 20.2. The molecule has 0 saturated carbocycles. The normalized spacial score (nSPS) is 19.5. The first-order valence-corrected chi connectivity index (χ1v) is 11.3. The highest BCUT2D eigenvalue weighted by Crippen LogP contribution is 2.49. The summed E-state index contributed by atoms with van der Waals surface area (Å²) in [5.74, 6) is 0.0374. The van der Waals surface area contributed by atoms with Crippen LogP contribution in [0, 0.1) is 25.2 Å².